The predicted octanol–water partition coefficient (Wildman–Crippen LogP) is 5.68. The molecule has 2 amide bonds. The number of anilines is 2. The van der Waals surface area contributed by atoms with Crippen molar-refractivity contribution in [2.24, 2.45) is 0 Å². The van der Waals surface area contributed by atoms with Crippen molar-refractivity contribution in [1.29, 1.82) is 0 Å². The van der Waals surface area contributed by atoms with Gasteiger partial charge >= 0.3 is 6.18 Å². The van der Waals surface area contributed by atoms with Crippen LogP contribution in [0.4, 0.5) is 24.5 Å². The molecule has 0 saturated carbocycles. The fraction of sp³-hybridized carbons (Fsp3) is 0.200. The second kappa shape index (κ2) is 11.6. The van der Waals surface area contributed by atoms with Crippen molar-refractivity contribution in [3.05, 3.63) is 107 Å². The lowest BCUT2D eigenvalue weighted by molar-refractivity contribution is -0.137. The maximum absolute atomic E-state index is 13.1. The molecule has 40 heavy (non-hydrogen) atoms. The molecular formula is C30H25F3N2O4S. The molecule has 3 aromatic rings. The Morgan fingerprint density at radius 1 is 1.02 bits per heavy atom. The Balaban J connectivity index is 1.37. The molecule has 2 aliphatic rings. The maximum atomic E-state index is 13.1. The first-order valence-corrected chi connectivity index (χ1v) is 13.7. The SMILES string of the molecule is O=C(/C=C/C=C(\c1ccc(OC2CSC2)cc1)c1ccc(C(F)(F)F)cc1)Nc1cccc2c1CC(O)C(=O)N2. The molecule has 1 unspecified atom stereocenters. The van der Waals surface area contributed by atoms with Crippen LogP contribution < -0.4 is 15.4 Å². The number of rotatable bonds is 7. The number of alkyl halides is 3. The van der Waals surface area contributed by atoms with E-state index in [-0.39, 0.29) is 12.5 Å². The fourth-order valence-corrected chi connectivity index (χ4v) is 4.90. The van der Waals surface area contributed by atoms with Gasteiger partial charge in [-0.15, -0.1) is 0 Å². The first-order chi connectivity index (χ1) is 19.2. The smallest absolute Gasteiger partial charge is 0.416 e. The van der Waals surface area contributed by atoms with Gasteiger partial charge in [0.1, 0.15) is 18.0 Å². The fourth-order valence-electron chi connectivity index (χ4n) is 4.33. The summed E-state index contributed by atoms with van der Waals surface area (Å²) in [5.74, 6) is 1.63. The van der Waals surface area contributed by atoms with Crippen molar-refractivity contribution in [2.75, 3.05) is 22.1 Å². The van der Waals surface area contributed by atoms with Gasteiger partial charge in [-0.25, -0.2) is 0 Å². The van der Waals surface area contributed by atoms with E-state index in [0.717, 1.165) is 29.2 Å². The summed E-state index contributed by atoms with van der Waals surface area (Å²) in [5, 5.41) is 15.3. The average Bonchev–Trinajstić information content (AvgIpc) is 2.90. The van der Waals surface area contributed by atoms with E-state index in [0.29, 0.717) is 33.8 Å². The normalized spacial score (nSPS) is 17.6. The number of amides is 2. The minimum Gasteiger partial charge on any atom is -0.489 e. The first-order valence-electron chi connectivity index (χ1n) is 12.5. The highest BCUT2D eigenvalue weighted by atomic mass is 32.2. The van der Waals surface area contributed by atoms with Gasteiger partial charge in [0.2, 0.25) is 5.91 Å². The third kappa shape index (κ3) is 6.40. The van der Waals surface area contributed by atoms with Crippen molar-refractivity contribution in [1.82, 2.24) is 0 Å². The van der Waals surface area contributed by atoms with Crippen LogP contribution in [0.3, 0.4) is 0 Å². The third-order valence-electron chi connectivity index (χ3n) is 6.50. The van der Waals surface area contributed by atoms with Gasteiger partial charge in [0.25, 0.3) is 5.91 Å². The summed E-state index contributed by atoms with van der Waals surface area (Å²) in [6.07, 6.45) is -0.938. The van der Waals surface area contributed by atoms with Crippen LogP contribution in [0.2, 0.25) is 0 Å². The van der Waals surface area contributed by atoms with Gasteiger partial charge in [0.15, 0.2) is 0 Å². The number of nitrogens with one attached hydrogen (secondary N) is 2. The number of fused-ring (bicyclic) bond motifs is 1. The van der Waals surface area contributed by atoms with Crippen molar-refractivity contribution in [2.45, 2.75) is 24.8 Å². The maximum Gasteiger partial charge on any atom is 0.416 e. The number of carbonyl (C=O) groups is 2. The van der Waals surface area contributed by atoms with Crippen LogP contribution in [0.5, 0.6) is 5.75 Å². The summed E-state index contributed by atoms with van der Waals surface area (Å²) in [5.41, 5.74) is 2.74. The minimum absolute atomic E-state index is 0.0681. The number of halogens is 3. The van der Waals surface area contributed by atoms with Crippen LogP contribution in [-0.2, 0) is 22.2 Å². The Bertz CT molecular complexity index is 1460. The quantitative estimate of drug-likeness (QED) is 0.253. The molecule has 6 nitrogen and oxygen atoms in total. The summed E-state index contributed by atoms with van der Waals surface area (Å²) in [6, 6.07) is 17.2. The topological polar surface area (TPSA) is 87.7 Å². The summed E-state index contributed by atoms with van der Waals surface area (Å²) >= 11 is 1.81. The van der Waals surface area contributed by atoms with E-state index in [1.165, 1.54) is 24.3 Å². The molecule has 0 aliphatic carbocycles. The molecule has 0 bridgehead atoms. The number of benzene rings is 3. The summed E-state index contributed by atoms with van der Waals surface area (Å²) < 4.78 is 45.3. The van der Waals surface area contributed by atoms with Gasteiger partial charge in [-0.1, -0.05) is 42.5 Å². The minimum atomic E-state index is -4.45. The monoisotopic (exact) mass is 566 g/mol. The van der Waals surface area contributed by atoms with Crippen LogP contribution in [0, 0.1) is 0 Å². The zero-order chi connectivity index (χ0) is 28.3. The molecule has 1 fully saturated rings. The lowest BCUT2D eigenvalue weighted by atomic mass is 9.96. The number of hydrogen-bond acceptors (Lipinski definition) is 5. The summed E-state index contributed by atoms with van der Waals surface area (Å²) in [7, 11) is 0. The second-order valence-electron chi connectivity index (χ2n) is 9.35. The van der Waals surface area contributed by atoms with Gasteiger partial charge < -0.3 is 20.5 Å². The Morgan fingerprint density at radius 2 is 1.70 bits per heavy atom. The molecule has 2 heterocycles. The molecule has 206 valence electrons. The van der Waals surface area contributed by atoms with Gasteiger partial charge in [0, 0.05) is 40.9 Å². The Hall–Kier alpha value is -4.02. The zero-order valence-corrected chi connectivity index (χ0v) is 21.9. The molecule has 2 aliphatic heterocycles. The third-order valence-corrected chi connectivity index (χ3v) is 7.72. The Labute approximate surface area is 232 Å². The van der Waals surface area contributed by atoms with E-state index >= 15 is 0 Å². The number of allylic oxidation sites excluding steroid dienone is 2. The van der Waals surface area contributed by atoms with Gasteiger partial charge in [0.05, 0.1) is 5.56 Å². The average molecular weight is 567 g/mol. The van der Waals surface area contributed by atoms with Crippen LogP contribution in [-0.4, -0.2) is 40.6 Å². The molecule has 0 aromatic heterocycles. The van der Waals surface area contributed by atoms with Crippen LogP contribution >= 0.6 is 11.8 Å². The van der Waals surface area contributed by atoms with Crippen molar-refractivity contribution >= 4 is 40.5 Å². The molecule has 0 radical (unpaired) electrons. The summed E-state index contributed by atoms with van der Waals surface area (Å²) in [4.78, 5) is 24.5. The Kier molecular flexibility index (Phi) is 7.99. The van der Waals surface area contributed by atoms with E-state index in [1.807, 2.05) is 36.0 Å². The van der Waals surface area contributed by atoms with Crippen molar-refractivity contribution in [3.8, 4) is 5.75 Å². The second-order valence-corrected chi connectivity index (χ2v) is 10.4. The van der Waals surface area contributed by atoms with Crippen LogP contribution in [0.25, 0.3) is 5.57 Å². The van der Waals surface area contributed by atoms with Crippen LogP contribution in [0.1, 0.15) is 22.3 Å². The molecule has 5 rings (SSSR count). The van der Waals surface area contributed by atoms with Gasteiger partial charge in [-0.3, -0.25) is 9.59 Å². The largest absolute Gasteiger partial charge is 0.489 e. The highest BCUT2D eigenvalue weighted by molar-refractivity contribution is 8.00. The van der Waals surface area contributed by atoms with E-state index in [2.05, 4.69) is 10.6 Å². The number of aliphatic hydroxyl groups excluding tert-OH is 1. The molecular weight excluding hydrogens is 541 g/mol. The lowest BCUT2D eigenvalue weighted by Gasteiger charge is -2.25. The van der Waals surface area contributed by atoms with Crippen molar-refractivity contribution in [3.63, 3.8) is 0 Å². The molecule has 3 N–H and O–H groups in total. The number of ether oxygens (including phenoxy) is 1. The van der Waals surface area contributed by atoms with Crippen LogP contribution in [0.15, 0.2) is 85.0 Å². The van der Waals surface area contributed by atoms with Gasteiger partial charge in [-0.05, 0) is 53.1 Å². The standard InChI is InChI=1S/C30H25F3N2O4S/c31-30(32,33)20-11-7-18(8-12-20)23(19-9-13-21(14-10-19)39-22-16-40-17-22)3-1-6-28(37)34-25-4-2-5-26-24(25)15-27(36)29(38)35-26/h1-14,22,27,36H,15-17H2,(H,34,37)(H,35,38)/b6-1+,23-3-. The zero-order valence-electron chi connectivity index (χ0n) is 21.1. The van der Waals surface area contributed by atoms with Gasteiger partial charge in [-0.2, -0.15) is 24.9 Å². The predicted molar refractivity (Wildman–Crippen MR) is 149 cm³/mol. The number of aliphatic hydroxyl groups is 1. The number of thioether (sulfide) groups is 1. The van der Waals surface area contributed by atoms with E-state index in [1.54, 1.807) is 24.3 Å². The highest BCUT2D eigenvalue weighted by Crippen LogP contribution is 2.33. The number of hydrogen-bond donors (Lipinski definition) is 3. The van der Waals surface area contributed by atoms with E-state index < -0.39 is 29.7 Å². The molecule has 3 aromatic carbocycles. The molecule has 1 atom stereocenters. The summed E-state index contributed by atoms with van der Waals surface area (Å²) in [6.45, 7) is 0. The highest BCUT2D eigenvalue weighted by Gasteiger charge is 2.30. The van der Waals surface area contributed by atoms with E-state index in [4.69, 9.17) is 4.74 Å². The number of carbonyl (C=O) groups excluding carboxylic acids is 2. The van der Waals surface area contributed by atoms with E-state index in [9.17, 15) is 27.9 Å². The molecule has 1 saturated heterocycles. The Morgan fingerprint density at radius 3 is 2.33 bits per heavy atom. The first kappa shape index (κ1) is 27.5. The molecule has 0 spiro atoms. The van der Waals surface area contributed by atoms with Crippen molar-refractivity contribution < 1.29 is 32.6 Å². The molecule has 10 heteroatoms. The lowest BCUT2D eigenvalue weighted by Crippen LogP contribution is -2.34.